The second-order valence-electron chi connectivity index (χ2n) is 6.21. The predicted molar refractivity (Wildman–Crippen MR) is 103 cm³/mol. The highest BCUT2D eigenvalue weighted by molar-refractivity contribution is 6.08. The summed E-state index contributed by atoms with van der Waals surface area (Å²) >= 11 is 0. The van der Waals surface area contributed by atoms with Crippen LogP contribution in [0.3, 0.4) is 0 Å². The number of rotatable bonds is 6. The van der Waals surface area contributed by atoms with Gasteiger partial charge >= 0.3 is 5.97 Å². The number of H-pyrrole nitrogens is 1. The summed E-state index contributed by atoms with van der Waals surface area (Å²) in [6.07, 6.45) is -0.0945. The van der Waals surface area contributed by atoms with Gasteiger partial charge in [-0.3, -0.25) is 14.4 Å². The van der Waals surface area contributed by atoms with Gasteiger partial charge in [-0.15, -0.1) is 0 Å². The Hall–Kier alpha value is -3.94. The van der Waals surface area contributed by atoms with Crippen molar-refractivity contribution in [2.75, 3.05) is 5.32 Å². The lowest BCUT2D eigenvalue weighted by atomic mass is 10.1. The standard InChI is InChI=1S/C20H18N4O4/c1-11-4-2-3-5-14(11)20(28)24-19-16(17(21)27)22-18(23-19)13-8-6-12(7-9-13)10-15(25)26/h2-9H,10H2,1H3,(H2,21,27)(H,22,23)(H,24,28)(H,25,26). The minimum absolute atomic E-state index is 0.0912. The lowest BCUT2D eigenvalue weighted by Gasteiger charge is -2.06. The summed E-state index contributed by atoms with van der Waals surface area (Å²) in [5, 5.41) is 11.5. The van der Waals surface area contributed by atoms with E-state index in [0.29, 0.717) is 22.5 Å². The second-order valence-corrected chi connectivity index (χ2v) is 6.21. The maximum Gasteiger partial charge on any atom is 0.307 e. The molecule has 0 fully saturated rings. The highest BCUT2D eigenvalue weighted by Gasteiger charge is 2.19. The van der Waals surface area contributed by atoms with Gasteiger partial charge in [-0.2, -0.15) is 0 Å². The summed E-state index contributed by atoms with van der Waals surface area (Å²) in [7, 11) is 0. The number of hydrogen-bond donors (Lipinski definition) is 4. The van der Waals surface area contributed by atoms with Crippen molar-refractivity contribution in [3.05, 3.63) is 70.9 Å². The zero-order chi connectivity index (χ0) is 20.3. The van der Waals surface area contributed by atoms with Gasteiger partial charge in [-0.1, -0.05) is 42.5 Å². The van der Waals surface area contributed by atoms with E-state index in [1.165, 1.54) is 0 Å². The molecule has 0 spiro atoms. The fourth-order valence-corrected chi connectivity index (χ4v) is 2.74. The Bertz CT molecular complexity index is 1050. The molecule has 0 radical (unpaired) electrons. The van der Waals surface area contributed by atoms with Gasteiger partial charge in [0.15, 0.2) is 5.69 Å². The number of primary amides is 1. The number of amides is 2. The average Bonchev–Trinajstić information content (AvgIpc) is 3.06. The van der Waals surface area contributed by atoms with Gasteiger partial charge in [0.25, 0.3) is 11.8 Å². The van der Waals surface area contributed by atoms with Crippen LogP contribution in [0.4, 0.5) is 5.82 Å². The lowest BCUT2D eigenvalue weighted by Crippen LogP contribution is -2.18. The second kappa shape index (κ2) is 7.75. The molecule has 0 aliphatic rings. The van der Waals surface area contributed by atoms with Crippen molar-refractivity contribution >= 4 is 23.6 Å². The third kappa shape index (κ3) is 4.07. The zero-order valence-corrected chi connectivity index (χ0v) is 15.0. The van der Waals surface area contributed by atoms with Crippen molar-refractivity contribution in [3.63, 3.8) is 0 Å². The number of aromatic amines is 1. The van der Waals surface area contributed by atoms with E-state index in [2.05, 4.69) is 15.3 Å². The maximum absolute atomic E-state index is 12.5. The van der Waals surface area contributed by atoms with Crippen LogP contribution < -0.4 is 11.1 Å². The smallest absolute Gasteiger partial charge is 0.307 e. The van der Waals surface area contributed by atoms with Gasteiger partial charge in [0, 0.05) is 11.1 Å². The number of carbonyl (C=O) groups excluding carboxylic acids is 2. The maximum atomic E-state index is 12.5. The third-order valence-electron chi connectivity index (χ3n) is 4.15. The normalized spacial score (nSPS) is 10.5. The summed E-state index contributed by atoms with van der Waals surface area (Å²) in [5.74, 6) is -1.68. The third-order valence-corrected chi connectivity index (χ3v) is 4.15. The number of aliphatic carboxylic acids is 1. The summed E-state index contributed by atoms with van der Waals surface area (Å²) < 4.78 is 0. The number of carboxylic acids is 1. The molecule has 0 saturated heterocycles. The van der Waals surface area contributed by atoms with E-state index in [0.717, 1.165) is 5.56 Å². The number of carbonyl (C=O) groups is 3. The van der Waals surface area contributed by atoms with Crippen molar-refractivity contribution in [1.82, 2.24) is 9.97 Å². The van der Waals surface area contributed by atoms with E-state index in [4.69, 9.17) is 10.8 Å². The topological polar surface area (TPSA) is 138 Å². The van der Waals surface area contributed by atoms with Crippen LogP contribution in [0.25, 0.3) is 11.4 Å². The summed E-state index contributed by atoms with van der Waals surface area (Å²) in [6.45, 7) is 1.81. The Morgan fingerprint density at radius 3 is 2.39 bits per heavy atom. The van der Waals surface area contributed by atoms with Crippen LogP contribution in [0.15, 0.2) is 48.5 Å². The molecule has 28 heavy (non-hydrogen) atoms. The number of anilines is 1. The molecule has 0 bridgehead atoms. The van der Waals surface area contributed by atoms with Crippen LogP contribution in [0.1, 0.15) is 32.0 Å². The van der Waals surface area contributed by atoms with Crippen molar-refractivity contribution in [2.24, 2.45) is 5.73 Å². The Morgan fingerprint density at radius 1 is 1.11 bits per heavy atom. The molecular formula is C20H18N4O4. The van der Waals surface area contributed by atoms with Crippen LogP contribution in [-0.4, -0.2) is 32.9 Å². The molecule has 1 aromatic heterocycles. The molecule has 0 unspecified atom stereocenters. The first-order valence-corrected chi connectivity index (χ1v) is 8.43. The SMILES string of the molecule is Cc1ccccc1C(=O)Nc1[nH]c(-c2ccc(CC(=O)O)cc2)nc1C(N)=O. The molecule has 1 heterocycles. The zero-order valence-electron chi connectivity index (χ0n) is 15.0. The van der Waals surface area contributed by atoms with E-state index >= 15 is 0 Å². The first-order chi connectivity index (χ1) is 13.3. The molecule has 8 nitrogen and oxygen atoms in total. The highest BCUT2D eigenvalue weighted by atomic mass is 16.4. The largest absolute Gasteiger partial charge is 0.481 e. The van der Waals surface area contributed by atoms with Crippen LogP contribution in [0.5, 0.6) is 0 Å². The molecule has 8 heteroatoms. The number of nitrogens with zero attached hydrogens (tertiary/aromatic N) is 1. The molecule has 3 rings (SSSR count). The Labute approximate surface area is 160 Å². The molecule has 3 aromatic rings. The Kier molecular flexibility index (Phi) is 5.21. The molecule has 0 aliphatic carbocycles. The van der Waals surface area contributed by atoms with E-state index < -0.39 is 17.8 Å². The predicted octanol–water partition coefficient (Wildman–Crippen LogP) is 2.36. The van der Waals surface area contributed by atoms with Gasteiger partial charge in [0.05, 0.1) is 6.42 Å². The van der Waals surface area contributed by atoms with Crippen molar-refractivity contribution in [2.45, 2.75) is 13.3 Å². The lowest BCUT2D eigenvalue weighted by molar-refractivity contribution is -0.136. The fraction of sp³-hybridized carbons (Fsp3) is 0.100. The minimum atomic E-state index is -0.928. The van der Waals surface area contributed by atoms with E-state index in [9.17, 15) is 14.4 Å². The van der Waals surface area contributed by atoms with Crippen LogP contribution in [0, 0.1) is 6.92 Å². The molecule has 0 atom stereocenters. The first-order valence-electron chi connectivity index (χ1n) is 8.43. The van der Waals surface area contributed by atoms with Crippen molar-refractivity contribution in [3.8, 4) is 11.4 Å². The Morgan fingerprint density at radius 2 is 1.79 bits per heavy atom. The number of carboxylic acid groups (broad SMARTS) is 1. The van der Waals surface area contributed by atoms with E-state index in [1.807, 2.05) is 6.07 Å². The molecule has 0 saturated carbocycles. The number of benzene rings is 2. The number of hydrogen-bond acceptors (Lipinski definition) is 4. The quantitative estimate of drug-likeness (QED) is 0.522. The summed E-state index contributed by atoms with van der Waals surface area (Å²) in [5.41, 5.74) is 7.80. The number of imidazole rings is 1. The number of nitrogens with one attached hydrogen (secondary N) is 2. The van der Waals surface area contributed by atoms with Crippen LogP contribution in [-0.2, 0) is 11.2 Å². The monoisotopic (exact) mass is 378 g/mol. The fourth-order valence-electron chi connectivity index (χ4n) is 2.74. The summed E-state index contributed by atoms with van der Waals surface area (Å²) in [6, 6.07) is 13.7. The van der Waals surface area contributed by atoms with Gasteiger partial charge < -0.3 is 21.1 Å². The van der Waals surface area contributed by atoms with Gasteiger partial charge in [0.2, 0.25) is 0 Å². The molecule has 2 aromatic carbocycles. The van der Waals surface area contributed by atoms with E-state index in [1.54, 1.807) is 49.4 Å². The number of aryl methyl sites for hydroxylation is 1. The highest BCUT2D eigenvalue weighted by Crippen LogP contribution is 2.23. The van der Waals surface area contributed by atoms with Crippen LogP contribution in [0.2, 0.25) is 0 Å². The number of aromatic nitrogens is 2. The molecule has 0 aliphatic heterocycles. The average molecular weight is 378 g/mol. The summed E-state index contributed by atoms with van der Waals surface area (Å²) in [4.78, 5) is 42.1. The van der Waals surface area contributed by atoms with Crippen LogP contribution >= 0.6 is 0 Å². The molecule has 2 amide bonds. The molecule has 5 N–H and O–H groups in total. The van der Waals surface area contributed by atoms with Crippen molar-refractivity contribution in [1.29, 1.82) is 0 Å². The molecule has 142 valence electrons. The van der Waals surface area contributed by atoms with E-state index in [-0.39, 0.29) is 17.9 Å². The van der Waals surface area contributed by atoms with Crippen molar-refractivity contribution < 1.29 is 19.5 Å². The minimum Gasteiger partial charge on any atom is -0.481 e. The molecular weight excluding hydrogens is 360 g/mol. The van der Waals surface area contributed by atoms with Gasteiger partial charge in [-0.25, -0.2) is 4.98 Å². The van der Waals surface area contributed by atoms with Gasteiger partial charge in [0.1, 0.15) is 11.6 Å². The number of nitrogens with two attached hydrogens (primary N) is 1. The Balaban J connectivity index is 1.90. The van der Waals surface area contributed by atoms with Gasteiger partial charge in [-0.05, 0) is 24.1 Å². The first kappa shape index (κ1) is 18.8.